The molecule has 4 aromatic heterocycles. The Morgan fingerprint density at radius 2 is 0.786 bits per heavy atom. The smallest absolute Gasteiger partial charge is 0.137 e. The van der Waals surface area contributed by atoms with Crippen LogP contribution in [0, 0.1) is 0 Å². The SMILES string of the molecule is C1=C(c2cn3c(-c4ccccc4)cccc3n2)CCC(c2c3ccccc3c(-c3ccc(-c4cn5c(-c6ccccc6)cccc5n4)cc3)c3ccccc23)=C1. The van der Waals surface area contributed by atoms with E-state index in [1.807, 2.05) is 0 Å². The van der Waals surface area contributed by atoms with E-state index in [0.29, 0.717) is 0 Å². The Morgan fingerprint density at radius 3 is 1.32 bits per heavy atom. The van der Waals surface area contributed by atoms with Gasteiger partial charge in [-0.1, -0.05) is 158 Å². The molecule has 0 saturated carbocycles. The van der Waals surface area contributed by atoms with E-state index in [0.717, 1.165) is 52.5 Å². The third-order valence-corrected chi connectivity index (χ3v) is 11.3. The first-order valence-electron chi connectivity index (χ1n) is 19.3. The molecule has 0 aliphatic heterocycles. The zero-order valence-corrected chi connectivity index (χ0v) is 30.7. The molecule has 1 aliphatic rings. The van der Waals surface area contributed by atoms with Crippen molar-refractivity contribution in [2.45, 2.75) is 12.8 Å². The number of nitrogens with zero attached hydrogens (tertiary/aromatic N) is 4. The monoisotopic (exact) mass is 716 g/mol. The second-order valence-electron chi connectivity index (χ2n) is 14.6. The number of imidazole rings is 2. The Labute approximate surface area is 325 Å². The predicted octanol–water partition coefficient (Wildman–Crippen LogP) is 13.2. The fraction of sp³-hybridized carbons (Fsp3) is 0.0385. The van der Waals surface area contributed by atoms with E-state index >= 15 is 0 Å². The summed E-state index contributed by atoms with van der Waals surface area (Å²) in [6.45, 7) is 0. The predicted molar refractivity (Wildman–Crippen MR) is 232 cm³/mol. The van der Waals surface area contributed by atoms with Gasteiger partial charge in [-0.2, -0.15) is 0 Å². The summed E-state index contributed by atoms with van der Waals surface area (Å²) in [4.78, 5) is 10.1. The van der Waals surface area contributed by atoms with Gasteiger partial charge in [-0.15, -0.1) is 0 Å². The minimum atomic E-state index is 0.929. The molecule has 56 heavy (non-hydrogen) atoms. The van der Waals surface area contributed by atoms with Crippen LogP contribution < -0.4 is 0 Å². The maximum absolute atomic E-state index is 5.08. The number of rotatable bonds is 6. The number of allylic oxidation sites excluding steroid dienone is 4. The molecule has 0 atom stereocenters. The van der Waals surface area contributed by atoms with Gasteiger partial charge in [-0.05, 0) is 97.6 Å². The summed E-state index contributed by atoms with van der Waals surface area (Å²) in [5.74, 6) is 0. The highest BCUT2D eigenvalue weighted by Gasteiger charge is 2.21. The van der Waals surface area contributed by atoms with Gasteiger partial charge in [0.2, 0.25) is 0 Å². The molecule has 11 rings (SSSR count). The molecule has 4 heteroatoms. The van der Waals surface area contributed by atoms with E-state index < -0.39 is 0 Å². The van der Waals surface area contributed by atoms with Crippen LogP contribution in [-0.2, 0) is 0 Å². The van der Waals surface area contributed by atoms with Crippen molar-refractivity contribution in [1.82, 2.24) is 18.8 Å². The first-order chi connectivity index (χ1) is 27.8. The molecule has 0 bridgehead atoms. The standard InChI is InChI=1S/C52H36N4/c1-3-13-37(14-4-1)47-21-11-23-49-53-45(33-55(47)49)35-25-29-39(30-26-35)51-41-17-7-9-19-43(41)52(44-20-10-8-18-42(44)51)40-31-27-36(28-32-40)46-34-56-48(22-12-24-50(56)54-46)38-15-5-2-6-16-38/h1-27,29-31,33-34H,28,32H2. The van der Waals surface area contributed by atoms with E-state index in [9.17, 15) is 0 Å². The molecule has 10 aromatic rings. The van der Waals surface area contributed by atoms with Crippen LogP contribution in [0.4, 0.5) is 0 Å². The molecule has 0 amide bonds. The summed E-state index contributed by atoms with van der Waals surface area (Å²) >= 11 is 0. The van der Waals surface area contributed by atoms with Gasteiger partial charge in [-0.25, -0.2) is 9.97 Å². The highest BCUT2D eigenvalue weighted by atomic mass is 15.0. The Morgan fingerprint density at radius 1 is 0.339 bits per heavy atom. The lowest BCUT2D eigenvalue weighted by Crippen LogP contribution is -1.98. The average molecular weight is 717 g/mol. The number of hydrogen-bond donors (Lipinski definition) is 0. The van der Waals surface area contributed by atoms with Crippen LogP contribution >= 0.6 is 0 Å². The van der Waals surface area contributed by atoms with Crippen LogP contribution in [0.5, 0.6) is 0 Å². The molecule has 0 fully saturated rings. The maximum Gasteiger partial charge on any atom is 0.137 e. The van der Waals surface area contributed by atoms with Crippen LogP contribution in [0.25, 0.3) is 88.9 Å². The van der Waals surface area contributed by atoms with Crippen molar-refractivity contribution >= 4 is 44.0 Å². The third-order valence-electron chi connectivity index (χ3n) is 11.3. The van der Waals surface area contributed by atoms with Crippen LogP contribution in [0.2, 0.25) is 0 Å². The summed E-state index contributed by atoms with van der Waals surface area (Å²) in [7, 11) is 0. The van der Waals surface area contributed by atoms with Gasteiger partial charge in [0, 0.05) is 18.0 Å². The lowest BCUT2D eigenvalue weighted by atomic mass is 9.83. The second kappa shape index (κ2) is 13.2. The van der Waals surface area contributed by atoms with Gasteiger partial charge in [-0.3, -0.25) is 8.80 Å². The molecular formula is C52H36N4. The van der Waals surface area contributed by atoms with Gasteiger partial charge in [0.25, 0.3) is 0 Å². The number of benzene rings is 6. The first kappa shape index (κ1) is 32.2. The zero-order chi connectivity index (χ0) is 37.0. The van der Waals surface area contributed by atoms with Crippen molar-refractivity contribution in [3.8, 4) is 44.9 Å². The molecule has 1 aliphatic carbocycles. The van der Waals surface area contributed by atoms with E-state index in [2.05, 4.69) is 203 Å². The topological polar surface area (TPSA) is 34.6 Å². The maximum atomic E-state index is 5.08. The van der Waals surface area contributed by atoms with Crippen LogP contribution in [0.15, 0.2) is 194 Å². The van der Waals surface area contributed by atoms with Crippen molar-refractivity contribution < 1.29 is 0 Å². The molecule has 0 N–H and O–H groups in total. The second-order valence-corrected chi connectivity index (χ2v) is 14.6. The molecular weight excluding hydrogens is 681 g/mol. The molecule has 0 saturated heterocycles. The van der Waals surface area contributed by atoms with E-state index in [4.69, 9.17) is 9.97 Å². The molecule has 0 radical (unpaired) electrons. The summed E-state index contributed by atoms with van der Waals surface area (Å²) in [6.07, 6.45) is 10.9. The van der Waals surface area contributed by atoms with Crippen molar-refractivity contribution in [2.75, 3.05) is 0 Å². The Hall–Kier alpha value is -7.30. The van der Waals surface area contributed by atoms with Gasteiger partial charge in [0.15, 0.2) is 0 Å². The van der Waals surface area contributed by atoms with Crippen LogP contribution in [0.3, 0.4) is 0 Å². The Kier molecular flexibility index (Phi) is 7.59. The zero-order valence-electron chi connectivity index (χ0n) is 30.7. The number of pyridine rings is 2. The Balaban J connectivity index is 0.977. The molecule has 0 unspecified atom stereocenters. The fourth-order valence-corrected chi connectivity index (χ4v) is 8.66. The van der Waals surface area contributed by atoms with Gasteiger partial charge in [0.1, 0.15) is 11.3 Å². The summed E-state index contributed by atoms with van der Waals surface area (Å²) < 4.78 is 4.41. The van der Waals surface area contributed by atoms with Gasteiger partial charge >= 0.3 is 0 Å². The number of aromatic nitrogens is 4. The molecule has 6 aromatic carbocycles. The number of hydrogen-bond acceptors (Lipinski definition) is 2. The van der Waals surface area contributed by atoms with Gasteiger partial charge < -0.3 is 0 Å². The van der Waals surface area contributed by atoms with Crippen molar-refractivity contribution in [2.24, 2.45) is 0 Å². The highest BCUT2D eigenvalue weighted by Crippen LogP contribution is 2.44. The van der Waals surface area contributed by atoms with E-state index in [-0.39, 0.29) is 0 Å². The molecule has 264 valence electrons. The van der Waals surface area contributed by atoms with Crippen LogP contribution in [0.1, 0.15) is 24.1 Å². The minimum Gasteiger partial charge on any atom is -0.299 e. The molecule has 0 spiro atoms. The minimum absolute atomic E-state index is 0.929. The molecule has 4 nitrogen and oxygen atoms in total. The number of fused-ring (bicyclic) bond motifs is 4. The first-order valence-corrected chi connectivity index (χ1v) is 19.3. The quantitative estimate of drug-likeness (QED) is 0.161. The van der Waals surface area contributed by atoms with Crippen LogP contribution in [-0.4, -0.2) is 18.8 Å². The molecule has 4 heterocycles. The summed E-state index contributed by atoms with van der Waals surface area (Å²) in [6, 6.07) is 60.5. The normalized spacial score (nSPS) is 13.1. The summed E-state index contributed by atoms with van der Waals surface area (Å²) in [5.41, 5.74) is 16.0. The largest absolute Gasteiger partial charge is 0.299 e. The summed E-state index contributed by atoms with van der Waals surface area (Å²) in [5, 5.41) is 5.09. The Bertz CT molecular complexity index is 3110. The van der Waals surface area contributed by atoms with Gasteiger partial charge in [0.05, 0.1) is 22.8 Å². The van der Waals surface area contributed by atoms with E-state index in [1.165, 1.54) is 60.5 Å². The highest BCUT2D eigenvalue weighted by molar-refractivity contribution is 6.19. The third kappa shape index (κ3) is 5.38. The van der Waals surface area contributed by atoms with Crippen molar-refractivity contribution in [3.05, 3.63) is 206 Å². The average Bonchev–Trinajstić information content (AvgIpc) is 3.92. The van der Waals surface area contributed by atoms with Crippen molar-refractivity contribution in [1.29, 1.82) is 0 Å². The van der Waals surface area contributed by atoms with Crippen molar-refractivity contribution in [3.63, 3.8) is 0 Å². The van der Waals surface area contributed by atoms with E-state index in [1.54, 1.807) is 0 Å². The lowest BCUT2D eigenvalue weighted by molar-refractivity contribution is 1.06. The fourth-order valence-electron chi connectivity index (χ4n) is 8.66. The lowest BCUT2D eigenvalue weighted by Gasteiger charge is -2.21.